The monoisotopic (exact) mass is 613 g/mol. The van der Waals surface area contributed by atoms with E-state index in [-0.39, 0.29) is 17.7 Å². The molecule has 2 N–H and O–H groups in total. The maximum absolute atomic E-state index is 14.1. The molecule has 0 spiro atoms. The van der Waals surface area contributed by atoms with Gasteiger partial charge in [-0.05, 0) is 36.4 Å². The number of fused-ring (bicyclic) bond motifs is 2. The van der Waals surface area contributed by atoms with Gasteiger partial charge in [0.05, 0.1) is 16.6 Å². The summed E-state index contributed by atoms with van der Waals surface area (Å²) in [5.74, 6) is -3.11. The lowest BCUT2D eigenvalue weighted by Crippen LogP contribution is -2.49. The number of carboxylic acids is 2. The summed E-state index contributed by atoms with van der Waals surface area (Å²) in [6.45, 7) is 3.59. The molecule has 230 valence electrons. The van der Waals surface area contributed by atoms with E-state index in [1.807, 2.05) is 6.07 Å². The molecule has 45 heavy (non-hydrogen) atoms. The molecule has 2 aliphatic heterocycles. The maximum atomic E-state index is 14.1. The van der Waals surface area contributed by atoms with Crippen LogP contribution in [0.1, 0.15) is 31.1 Å². The summed E-state index contributed by atoms with van der Waals surface area (Å²) in [4.78, 5) is 63.2. The Morgan fingerprint density at radius 3 is 1.93 bits per heavy atom. The molecule has 0 atom stereocenters. The van der Waals surface area contributed by atoms with E-state index in [1.165, 1.54) is 21.7 Å². The van der Waals surface area contributed by atoms with Crippen LogP contribution in [-0.2, 0) is 9.59 Å². The minimum Gasteiger partial charge on any atom is -0.478 e. The van der Waals surface area contributed by atoms with Gasteiger partial charge in [-0.25, -0.2) is 14.0 Å². The van der Waals surface area contributed by atoms with Crippen molar-refractivity contribution in [3.8, 4) is 0 Å². The van der Waals surface area contributed by atoms with Gasteiger partial charge in [-0.15, -0.1) is 5.10 Å². The van der Waals surface area contributed by atoms with Crippen LogP contribution in [-0.4, -0.2) is 98.7 Å². The molecule has 2 aliphatic rings. The highest BCUT2D eigenvalue weighted by atomic mass is 19.1. The van der Waals surface area contributed by atoms with E-state index in [0.29, 0.717) is 84.8 Å². The predicted octanol–water partition coefficient (Wildman–Crippen LogP) is 2.99. The Balaban J connectivity index is 0.000000444. The zero-order chi connectivity index (χ0) is 32.1. The number of aliphatic carboxylic acids is 2. The Hall–Kier alpha value is -5.69. The Kier molecular flexibility index (Phi) is 9.09. The van der Waals surface area contributed by atoms with Gasteiger partial charge in [0.1, 0.15) is 5.82 Å². The van der Waals surface area contributed by atoms with E-state index < -0.39 is 17.8 Å². The number of imide groups is 1. The van der Waals surface area contributed by atoms with Crippen molar-refractivity contribution in [1.82, 2.24) is 19.6 Å². The molecule has 1 fully saturated rings. The number of hydrogen-bond donors (Lipinski definition) is 2. The van der Waals surface area contributed by atoms with Gasteiger partial charge in [0.2, 0.25) is 0 Å². The molecule has 4 aromatic rings. The van der Waals surface area contributed by atoms with Crippen molar-refractivity contribution in [2.75, 3.05) is 44.2 Å². The Labute approximate surface area is 256 Å². The quantitative estimate of drug-likeness (QED) is 0.235. The molecule has 0 radical (unpaired) electrons. The fraction of sp³-hybridized carbons (Fsp3) is 0.188. The van der Waals surface area contributed by atoms with Gasteiger partial charge >= 0.3 is 11.9 Å². The second-order valence-corrected chi connectivity index (χ2v) is 10.2. The van der Waals surface area contributed by atoms with E-state index in [2.05, 4.69) is 14.9 Å². The highest BCUT2D eigenvalue weighted by Gasteiger charge is 2.35. The lowest BCUT2D eigenvalue weighted by atomic mass is 10.1. The fourth-order valence-corrected chi connectivity index (χ4v) is 5.17. The third-order valence-corrected chi connectivity index (χ3v) is 7.40. The van der Waals surface area contributed by atoms with Gasteiger partial charge in [0.25, 0.3) is 17.7 Å². The highest BCUT2D eigenvalue weighted by Crippen LogP contribution is 2.29. The van der Waals surface area contributed by atoms with Crippen molar-refractivity contribution in [3.63, 3.8) is 0 Å². The van der Waals surface area contributed by atoms with Gasteiger partial charge in [-0.3, -0.25) is 24.2 Å². The number of aromatic nitrogens is 2. The number of anilines is 1. The normalized spacial score (nSPS) is 14.9. The second kappa shape index (κ2) is 13.3. The second-order valence-electron chi connectivity index (χ2n) is 10.2. The van der Waals surface area contributed by atoms with Crippen LogP contribution in [0.3, 0.4) is 0 Å². The third kappa shape index (κ3) is 6.78. The standard InChI is InChI=1S/C28H24FN5O3.C4H4O4/c29-20-10-11-23-24(18-20)34(26(35)19-6-2-1-3-7-19)30-25(23)32-15-12-31(13-16-32)14-17-33-27(36)21-8-4-5-9-22(21)28(33)37;5-3(6)1-2-4(7)8/h1-11,18H,12-17H2;1-2H,(H,5,6)(H,7,8). The van der Waals surface area contributed by atoms with Crippen LogP contribution in [0.15, 0.2) is 84.9 Å². The Morgan fingerprint density at radius 1 is 0.778 bits per heavy atom. The molecule has 1 aromatic heterocycles. The van der Waals surface area contributed by atoms with Crippen LogP contribution >= 0.6 is 0 Å². The molecule has 2 amide bonds. The highest BCUT2D eigenvalue weighted by molar-refractivity contribution is 6.21. The van der Waals surface area contributed by atoms with Crippen LogP contribution in [0.4, 0.5) is 10.2 Å². The van der Waals surface area contributed by atoms with Crippen LogP contribution in [0, 0.1) is 5.82 Å². The SMILES string of the molecule is O=C(O)C=CC(=O)O.O=C1c2ccccc2C(=O)N1CCN1CCN(c2nn(C(=O)c3ccccc3)c3cc(F)ccc23)CC1. The van der Waals surface area contributed by atoms with Gasteiger partial charge in [0, 0.05) is 68.4 Å². The average molecular weight is 614 g/mol. The molecule has 13 heteroatoms. The molecule has 0 bridgehead atoms. The van der Waals surface area contributed by atoms with Crippen molar-refractivity contribution in [3.05, 3.63) is 107 Å². The number of carbonyl (C=O) groups is 5. The lowest BCUT2D eigenvalue weighted by Gasteiger charge is -2.35. The minimum absolute atomic E-state index is 0.244. The van der Waals surface area contributed by atoms with Crippen LogP contribution in [0.5, 0.6) is 0 Å². The molecular formula is C32H28FN5O7. The summed E-state index contributed by atoms with van der Waals surface area (Å²) >= 11 is 0. The number of benzene rings is 3. The van der Waals surface area contributed by atoms with Crippen molar-refractivity contribution in [1.29, 1.82) is 0 Å². The largest absolute Gasteiger partial charge is 0.478 e. The van der Waals surface area contributed by atoms with Crippen LogP contribution < -0.4 is 4.90 Å². The van der Waals surface area contributed by atoms with Gasteiger partial charge in [0.15, 0.2) is 5.82 Å². The average Bonchev–Trinajstić information content (AvgIpc) is 3.53. The van der Waals surface area contributed by atoms with Crippen LogP contribution in [0.25, 0.3) is 10.9 Å². The molecule has 6 rings (SSSR count). The zero-order valence-electron chi connectivity index (χ0n) is 23.9. The van der Waals surface area contributed by atoms with Gasteiger partial charge in [-0.2, -0.15) is 4.68 Å². The number of amides is 2. The predicted molar refractivity (Wildman–Crippen MR) is 161 cm³/mol. The lowest BCUT2D eigenvalue weighted by molar-refractivity contribution is -0.134. The van der Waals surface area contributed by atoms with E-state index in [4.69, 9.17) is 10.2 Å². The summed E-state index contributed by atoms with van der Waals surface area (Å²) < 4.78 is 15.4. The van der Waals surface area contributed by atoms with Crippen molar-refractivity contribution >= 4 is 46.4 Å². The number of hydrogen-bond acceptors (Lipinski definition) is 8. The van der Waals surface area contributed by atoms with E-state index in [1.54, 1.807) is 54.6 Å². The first-order valence-electron chi connectivity index (χ1n) is 14.0. The van der Waals surface area contributed by atoms with E-state index in [0.717, 1.165) is 0 Å². The number of carbonyl (C=O) groups excluding carboxylic acids is 3. The van der Waals surface area contributed by atoms with E-state index >= 15 is 0 Å². The molecule has 3 heterocycles. The molecule has 12 nitrogen and oxygen atoms in total. The number of rotatable bonds is 7. The zero-order valence-corrected chi connectivity index (χ0v) is 23.9. The minimum atomic E-state index is -1.26. The topological polar surface area (TPSA) is 153 Å². The molecule has 1 saturated heterocycles. The summed E-state index contributed by atoms with van der Waals surface area (Å²) in [6.07, 6.45) is 1.12. The first-order chi connectivity index (χ1) is 21.6. The fourth-order valence-electron chi connectivity index (χ4n) is 5.17. The number of halogens is 1. The van der Waals surface area contributed by atoms with Crippen LogP contribution in [0.2, 0.25) is 0 Å². The molecule has 0 aliphatic carbocycles. The number of piperazine rings is 1. The van der Waals surface area contributed by atoms with Crippen molar-refractivity contribution in [2.24, 2.45) is 0 Å². The summed E-state index contributed by atoms with van der Waals surface area (Å²) in [7, 11) is 0. The Bertz CT molecular complexity index is 1760. The summed E-state index contributed by atoms with van der Waals surface area (Å²) in [5, 5.41) is 21.0. The van der Waals surface area contributed by atoms with Crippen molar-refractivity contribution in [2.45, 2.75) is 0 Å². The van der Waals surface area contributed by atoms with E-state index in [9.17, 15) is 28.4 Å². The molecular weight excluding hydrogens is 585 g/mol. The molecule has 3 aromatic carbocycles. The van der Waals surface area contributed by atoms with Crippen molar-refractivity contribution < 1.29 is 38.6 Å². The summed E-state index contributed by atoms with van der Waals surface area (Å²) in [6, 6.07) is 20.1. The molecule has 0 unspecified atom stereocenters. The third-order valence-electron chi connectivity index (χ3n) is 7.40. The number of carboxylic acid groups (broad SMARTS) is 2. The smallest absolute Gasteiger partial charge is 0.328 e. The van der Waals surface area contributed by atoms with Gasteiger partial charge in [-0.1, -0.05) is 30.3 Å². The first kappa shape index (κ1) is 30.8. The first-order valence-corrected chi connectivity index (χ1v) is 14.0. The van der Waals surface area contributed by atoms with Gasteiger partial charge < -0.3 is 15.1 Å². The Morgan fingerprint density at radius 2 is 1.36 bits per heavy atom. The maximum Gasteiger partial charge on any atom is 0.328 e. The summed E-state index contributed by atoms with van der Waals surface area (Å²) in [5.41, 5.74) is 1.82. The number of nitrogens with zero attached hydrogens (tertiary/aromatic N) is 5. The molecule has 0 saturated carbocycles.